The molecule has 0 aliphatic rings. The summed E-state index contributed by atoms with van der Waals surface area (Å²) in [7, 11) is 0. The van der Waals surface area contributed by atoms with E-state index in [1.165, 1.54) is 0 Å². The van der Waals surface area contributed by atoms with Crippen molar-refractivity contribution in [3.63, 3.8) is 0 Å². The van der Waals surface area contributed by atoms with Gasteiger partial charge in [-0.25, -0.2) is 4.79 Å². The number of hydrogen-bond donors (Lipinski definition) is 0. The predicted molar refractivity (Wildman–Crippen MR) is 149 cm³/mol. The number of thioether (sulfide) groups is 1. The van der Waals surface area contributed by atoms with Crippen LogP contribution in [0.5, 0.6) is 0 Å². The third-order valence-corrected chi connectivity index (χ3v) is 6.93. The fraction of sp³-hybridized carbons (Fsp3) is 0.0667. The van der Waals surface area contributed by atoms with Gasteiger partial charge in [0.1, 0.15) is 0 Å². The number of hydrogen-bond acceptors (Lipinski definition) is 4. The Bertz CT molecular complexity index is 1300. The highest BCUT2D eigenvalue weighted by molar-refractivity contribution is 8.22. The Morgan fingerprint density at radius 2 is 1.00 bits per heavy atom. The van der Waals surface area contributed by atoms with E-state index in [9.17, 15) is 9.59 Å². The van der Waals surface area contributed by atoms with Gasteiger partial charge in [0.25, 0.3) is 0 Å². The maximum atomic E-state index is 13.3. The normalized spacial score (nSPS) is 11.6. The van der Waals surface area contributed by atoms with Gasteiger partial charge in [-0.2, -0.15) is 0 Å². The molecular formula is C30H22Cl2O3S. The van der Waals surface area contributed by atoms with Crippen molar-refractivity contribution in [2.75, 3.05) is 0 Å². The molecule has 0 heterocycles. The summed E-state index contributed by atoms with van der Waals surface area (Å²) >= 11 is 13.0. The summed E-state index contributed by atoms with van der Waals surface area (Å²) in [6, 6.07) is 28.5. The van der Waals surface area contributed by atoms with Crippen LogP contribution in [0.2, 0.25) is 10.0 Å². The minimum atomic E-state index is -0.550. The molecule has 0 fully saturated rings. The van der Waals surface area contributed by atoms with Gasteiger partial charge in [-0.3, -0.25) is 4.79 Å². The molecule has 0 spiro atoms. The molecular weight excluding hydrogens is 511 g/mol. The van der Waals surface area contributed by atoms with Crippen LogP contribution in [0.25, 0.3) is 10.7 Å². The second-order valence-corrected chi connectivity index (χ2v) is 10.0. The standard InChI is InChI=1S/C30H22Cl2O3S/c1-19-3-7-21(8-4-19)27(35-29(33)23-11-15-25(31)16-12-23)28(22-9-5-20(2)6-10-22)36-30(34)24-13-17-26(32)18-14-24/h3-18H,1-2H3/b28-27-. The molecule has 0 radical (unpaired) electrons. The largest absolute Gasteiger partial charge is 0.421 e. The van der Waals surface area contributed by atoms with E-state index < -0.39 is 5.97 Å². The topological polar surface area (TPSA) is 43.4 Å². The van der Waals surface area contributed by atoms with Gasteiger partial charge in [0, 0.05) is 21.2 Å². The molecule has 0 unspecified atom stereocenters. The lowest BCUT2D eigenvalue weighted by molar-refractivity contribution is 0.0693. The fourth-order valence-corrected chi connectivity index (χ4v) is 4.56. The third kappa shape index (κ3) is 6.46. The molecule has 0 atom stereocenters. The van der Waals surface area contributed by atoms with Crippen molar-refractivity contribution >= 4 is 56.7 Å². The molecule has 0 aliphatic carbocycles. The summed E-state index contributed by atoms with van der Waals surface area (Å²) in [6.07, 6.45) is 0. The Hall–Kier alpha value is -3.31. The van der Waals surface area contributed by atoms with Crippen molar-refractivity contribution < 1.29 is 14.3 Å². The van der Waals surface area contributed by atoms with Crippen LogP contribution in [0.1, 0.15) is 43.0 Å². The van der Waals surface area contributed by atoms with Crippen LogP contribution in [0.3, 0.4) is 0 Å². The molecule has 4 aromatic rings. The van der Waals surface area contributed by atoms with Crippen molar-refractivity contribution in [1.29, 1.82) is 0 Å². The summed E-state index contributed by atoms with van der Waals surface area (Å²) < 4.78 is 6.01. The van der Waals surface area contributed by atoms with Crippen molar-refractivity contribution in [3.8, 4) is 0 Å². The van der Waals surface area contributed by atoms with Gasteiger partial charge < -0.3 is 4.74 Å². The Labute approximate surface area is 224 Å². The summed E-state index contributed by atoms with van der Waals surface area (Å²) in [5, 5.41) is 0.864. The highest BCUT2D eigenvalue weighted by Crippen LogP contribution is 2.39. The summed E-state index contributed by atoms with van der Waals surface area (Å²) in [6.45, 7) is 3.97. The molecule has 4 aromatic carbocycles. The zero-order chi connectivity index (χ0) is 25.7. The van der Waals surface area contributed by atoms with Gasteiger partial charge in [0.15, 0.2) is 5.76 Å². The Kier molecular flexibility index (Phi) is 8.32. The molecule has 6 heteroatoms. The number of ether oxygens (including phenoxy) is 1. The van der Waals surface area contributed by atoms with E-state index in [1.54, 1.807) is 48.5 Å². The maximum Gasteiger partial charge on any atom is 0.343 e. The molecule has 0 saturated carbocycles. The van der Waals surface area contributed by atoms with Crippen LogP contribution in [-0.4, -0.2) is 11.1 Å². The van der Waals surface area contributed by atoms with Crippen LogP contribution in [0.15, 0.2) is 97.1 Å². The second-order valence-electron chi connectivity index (χ2n) is 8.18. The van der Waals surface area contributed by atoms with Gasteiger partial charge in [-0.1, -0.05) is 82.9 Å². The molecule has 0 amide bonds. The summed E-state index contributed by atoms with van der Waals surface area (Å²) in [5.41, 5.74) is 4.40. The van der Waals surface area contributed by atoms with E-state index in [0.29, 0.717) is 37.4 Å². The van der Waals surface area contributed by atoms with E-state index in [1.807, 2.05) is 62.4 Å². The highest BCUT2D eigenvalue weighted by Gasteiger charge is 2.22. The molecule has 0 aromatic heterocycles. The van der Waals surface area contributed by atoms with E-state index in [-0.39, 0.29) is 5.12 Å². The second kappa shape index (κ2) is 11.6. The zero-order valence-electron chi connectivity index (χ0n) is 19.6. The van der Waals surface area contributed by atoms with Crippen LogP contribution in [0, 0.1) is 13.8 Å². The average molecular weight is 533 g/mol. The van der Waals surface area contributed by atoms with Crippen molar-refractivity contribution in [1.82, 2.24) is 0 Å². The number of esters is 1. The lowest BCUT2D eigenvalue weighted by Gasteiger charge is -2.16. The molecule has 3 nitrogen and oxygen atoms in total. The molecule has 36 heavy (non-hydrogen) atoms. The molecule has 0 aliphatic heterocycles. The van der Waals surface area contributed by atoms with E-state index >= 15 is 0 Å². The highest BCUT2D eigenvalue weighted by atomic mass is 35.5. The van der Waals surface area contributed by atoms with Gasteiger partial charge >= 0.3 is 5.97 Å². The molecule has 180 valence electrons. The molecule has 0 bridgehead atoms. The molecule has 0 saturated heterocycles. The van der Waals surface area contributed by atoms with Gasteiger partial charge in [0.2, 0.25) is 5.12 Å². The SMILES string of the molecule is Cc1ccc(/C(OC(=O)c2ccc(Cl)cc2)=C(/SC(=O)c2ccc(Cl)cc2)c2ccc(C)cc2)cc1. The molecule has 0 N–H and O–H groups in total. The quantitative estimate of drug-likeness (QED) is 0.141. The Morgan fingerprint density at radius 3 is 1.50 bits per heavy atom. The first-order chi connectivity index (χ1) is 17.3. The summed E-state index contributed by atoms with van der Waals surface area (Å²) in [4.78, 5) is 27.0. The lowest BCUT2D eigenvalue weighted by Crippen LogP contribution is -2.07. The third-order valence-electron chi connectivity index (χ3n) is 5.38. The minimum absolute atomic E-state index is 0.200. The molecule has 4 rings (SSSR count). The first kappa shape index (κ1) is 25.8. The van der Waals surface area contributed by atoms with Crippen LogP contribution >= 0.6 is 35.0 Å². The predicted octanol–water partition coefficient (Wildman–Crippen LogP) is 8.87. The number of halogens is 2. The Morgan fingerprint density at radius 1 is 0.583 bits per heavy atom. The van der Waals surface area contributed by atoms with E-state index in [2.05, 4.69) is 0 Å². The van der Waals surface area contributed by atoms with Gasteiger partial charge in [-0.05, 0) is 79.7 Å². The van der Waals surface area contributed by atoms with Gasteiger partial charge in [0.05, 0.1) is 10.5 Å². The lowest BCUT2D eigenvalue weighted by atomic mass is 10.1. The zero-order valence-corrected chi connectivity index (χ0v) is 22.0. The van der Waals surface area contributed by atoms with Crippen LogP contribution < -0.4 is 0 Å². The van der Waals surface area contributed by atoms with Crippen molar-refractivity contribution in [3.05, 3.63) is 140 Å². The van der Waals surface area contributed by atoms with Gasteiger partial charge in [-0.15, -0.1) is 0 Å². The average Bonchev–Trinajstić information content (AvgIpc) is 2.88. The number of carbonyl (C=O) groups excluding carboxylic acids is 2. The van der Waals surface area contributed by atoms with Crippen LogP contribution in [-0.2, 0) is 4.74 Å². The maximum absolute atomic E-state index is 13.3. The first-order valence-corrected chi connectivity index (χ1v) is 12.7. The number of benzene rings is 4. The number of rotatable bonds is 6. The number of carbonyl (C=O) groups is 2. The summed E-state index contributed by atoms with van der Waals surface area (Å²) in [5.74, 6) is -0.252. The first-order valence-electron chi connectivity index (χ1n) is 11.1. The van der Waals surface area contributed by atoms with Crippen molar-refractivity contribution in [2.24, 2.45) is 0 Å². The monoisotopic (exact) mass is 532 g/mol. The fourth-order valence-electron chi connectivity index (χ4n) is 3.36. The smallest absolute Gasteiger partial charge is 0.343 e. The van der Waals surface area contributed by atoms with Crippen LogP contribution in [0.4, 0.5) is 0 Å². The minimum Gasteiger partial charge on any atom is -0.421 e. The number of aryl methyl sites for hydroxylation is 2. The van der Waals surface area contributed by atoms with E-state index in [4.69, 9.17) is 27.9 Å². The Balaban J connectivity index is 1.85. The van der Waals surface area contributed by atoms with Crippen molar-refractivity contribution in [2.45, 2.75) is 13.8 Å². The van der Waals surface area contributed by atoms with E-state index in [0.717, 1.165) is 28.5 Å².